The molecule has 0 aliphatic rings. The normalized spacial score (nSPS) is 10.7. The van der Waals surface area contributed by atoms with Crippen molar-refractivity contribution >= 4 is 28.6 Å². The van der Waals surface area contributed by atoms with Crippen LogP contribution in [0.4, 0.5) is 0 Å². The number of nitrogens with zero attached hydrogens (tertiary/aromatic N) is 3. The van der Waals surface area contributed by atoms with Crippen LogP contribution in [0.2, 0.25) is 0 Å². The number of aromatic nitrogens is 3. The Balaban J connectivity index is 1.74. The number of nitrogens with one attached hydrogen (secondary N) is 1. The highest BCUT2D eigenvalue weighted by Crippen LogP contribution is 2.26. The monoisotopic (exact) mass is 304 g/mol. The zero-order valence-corrected chi connectivity index (χ0v) is 12.4. The van der Waals surface area contributed by atoms with Crippen molar-refractivity contribution in [1.82, 2.24) is 19.9 Å². The summed E-state index contributed by atoms with van der Waals surface area (Å²) in [6.07, 6.45) is 3.41. The van der Waals surface area contributed by atoms with Crippen LogP contribution in [0.1, 0.15) is 16.3 Å². The Bertz CT molecular complexity index is 688. The number of hydrogen-bond donors (Lipinski definition) is 1. The number of aromatic amines is 1. The SMILES string of the molecule is CN(Cc1ncc[nH]1)C(=O)c1csc(-c2ccsc2)n1. The highest BCUT2D eigenvalue weighted by atomic mass is 32.1. The van der Waals surface area contributed by atoms with E-state index < -0.39 is 0 Å². The molecule has 5 nitrogen and oxygen atoms in total. The van der Waals surface area contributed by atoms with E-state index in [1.807, 2.05) is 16.8 Å². The average molecular weight is 304 g/mol. The Morgan fingerprint density at radius 1 is 1.45 bits per heavy atom. The summed E-state index contributed by atoms with van der Waals surface area (Å²) in [4.78, 5) is 25.4. The van der Waals surface area contributed by atoms with E-state index in [2.05, 4.69) is 15.0 Å². The molecule has 0 atom stereocenters. The summed E-state index contributed by atoms with van der Waals surface area (Å²) in [6, 6.07) is 2.00. The van der Waals surface area contributed by atoms with Crippen molar-refractivity contribution in [3.63, 3.8) is 0 Å². The first-order valence-electron chi connectivity index (χ1n) is 5.96. The molecular formula is C13H12N4OS2. The van der Waals surface area contributed by atoms with E-state index in [0.29, 0.717) is 12.2 Å². The summed E-state index contributed by atoms with van der Waals surface area (Å²) >= 11 is 3.11. The predicted octanol–water partition coefficient (Wildman–Crippen LogP) is 2.87. The minimum atomic E-state index is -0.0980. The summed E-state index contributed by atoms with van der Waals surface area (Å²) in [5.74, 6) is 0.660. The second kappa shape index (κ2) is 5.56. The molecule has 0 radical (unpaired) electrons. The fraction of sp³-hybridized carbons (Fsp3) is 0.154. The minimum absolute atomic E-state index is 0.0980. The van der Waals surface area contributed by atoms with E-state index in [9.17, 15) is 4.79 Å². The molecule has 102 valence electrons. The Labute approximate surface area is 123 Å². The van der Waals surface area contributed by atoms with Crippen molar-refractivity contribution in [2.75, 3.05) is 7.05 Å². The number of H-pyrrole nitrogens is 1. The lowest BCUT2D eigenvalue weighted by atomic mass is 10.3. The Morgan fingerprint density at radius 2 is 2.35 bits per heavy atom. The number of thiazole rings is 1. The molecule has 3 heterocycles. The van der Waals surface area contributed by atoms with E-state index in [1.54, 1.807) is 41.1 Å². The van der Waals surface area contributed by atoms with Gasteiger partial charge in [-0.2, -0.15) is 11.3 Å². The molecule has 0 unspecified atom stereocenters. The van der Waals surface area contributed by atoms with E-state index in [4.69, 9.17) is 0 Å². The van der Waals surface area contributed by atoms with Crippen LogP contribution in [0.3, 0.4) is 0 Å². The number of amides is 1. The molecule has 0 aliphatic heterocycles. The predicted molar refractivity (Wildman–Crippen MR) is 79.8 cm³/mol. The van der Waals surface area contributed by atoms with Crippen LogP contribution >= 0.6 is 22.7 Å². The standard InChI is InChI=1S/C13H12N4OS2/c1-17(6-11-14-3-4-15-11)13(18)10-8-20-12(16-10)9-2-5-19-7-9/h2-5,7-8H,6H2,1H3,(H,14,15). The van der Waals surface area contributed by atoms with Gasteiger partial charge in [0.15, 0.2) is 0 Å². The number of carbonyl (C=O) groups excluding carboxylic acids is 1. The fourth-order valence-electron chi connectivity index (χ4n) is 1.77. The third-order valence-electron chi connectivity index (χ3n) is 2.78. The van der Waals surface area contributed by atoms with E-state index in [1.165, 1.54) is 11.3 Å². The van der Waals surface area contributed by atoms with Crippen LogP contribution in [-0.4, -0.2) is 32.8 Å². The van der Waals surface area contributed by atoms with Gasteiger partial charge in [0, 0.05) is 35.8 Å². The van der Waals surface area contributed by atoms with E-state index in [0.717, 1.165) is 16.4 Å². The van der Waals surface area contributed by atoms with Crippen LogP contribution in [0.15, 0.2) is 34.6 Å². The lowest BCUT2D eigenvalue weighted by molar-refractivity contribution is 0.0777. The van der Waals surface area contributed by atoms with Gasteiger partial charge in [0.2, 0.25) is 0 Å². The zero-order chi connectivity index (χ0) is 13.9. The molecule has 0 aliphatic carbocycles. The third kappa shape index (κ3) is 2.63. The van der Waals surface area contributed by atoms with Crippen molar-refractivity contribution in [3.8, 4) is 10.6 Å². The fourth-order valence-corrected chi connectivity index (χ4v) is 3.27. The van der Waals surface area contributed by atoms with E-state index in [-0.39, 0.29) is 5.91 Å². The van der Waals surface area contributed by atoms with E-state index >= 15 is 0 Å². The van der Waals surface area contributed by atoms with Gasteiger partial charge in [-0.15, -0.1) is 11.3 Å². The Hall–Kier alpha value is -1.99. The molecule has 0 aromatic carbocycles. The average Bonchev–Trinajstić information content (AvgIpc) is 3.18. The van der Waals surface area contributed by atoms with Gasteiger partial charge in [0.25, 0.3) is 5.91 Å². The van der Waals surface area contributed by atoms with Crippen LogP contribution in [0, 0.1) is 0 Å². The molecule has 0 saturated heterocycles. The van der Waals surface area contributed by atoms with Gasteiger partial charge in [-0.1, -0.05) is 0 Å². The zero-order valence-electron chi connectivity index (χ0n) is 10.7. The molecule has 7 heteroatoms. The van der Waals surface area contributed by atoms with Crippen LogP contribution in [-0.2, 0) is 6.54 Å². The number of thiophene rings is 1. The molecular weight excluding hydrogens is 292 g/mol. The molecule has 0 saturated carbocycles. The number of rotatable bonds is 4. The molecule has 0 spiro atoms. The molecule has 1 amide bonds. The Morgan fingerprint density at radius 3 is 3.05 bits per heavy atom. The molecule has 3 aromatic heterocycles. The van der Waals surface area contributed by atoms with Gasteiger partial charge in [-0.05, 0) is 11.4 Å². The van der Waals surface area contributed by atoms with Gasteiger partial charge < -0.3 is 9.88 Å². The second-order valence-corrected chi connectivity index (χ2v) is 5.89. The van der Waals surface area contributed by atoms with Crippen molar-refractivity contribution in [3.05, 3.63) is 46.1 Å². The highest BCUT2D eigenvalue weighted by molar-refractivity contribution is 7.14. The number of carbonyl (C=O) groups is 1. The molecule has 0 fully saturated rings. The number of hydrogen-bond acceptors (Lipinski definition) is 5. The molecule has 3 aromatic rings. The first kappa shape index (κ1) is 13.0. The largest absolute Gasteiger partial charge is 0.347 e. The summed E-state index contributed by atoms with van der Waals surface area (Å²) in [7, 11) is 1.74. The smallest absolute Gasteiger partial charge is 0.273 e. The maximum atomic E-state index is 12.3. The van der Waals surface area contributed by atoms with Gasteiger partial charge in [-0.3, -0.25) is 4.79 Å². The molecule has 3 rings (SSSR count). The first-order valence-corrected chi connectivity index (χ1v) is 7.78. The third-order valence-corrected chi connectivity index (χ3v) is 4.35. The van der Waals surface area contributed by atoms with Crippen molar-refractivity contribution in [1.29, 1.82) is 0 Å². The second-order valence-electron chi connectivity index (χ2n) is 4.25. The minimum Gasteiger partial charge on any atom is -0.347 e. The summed E-state index contributed by atoms with van der Waals surface area (Å²) in [6.45, 7) is 0.442. The molecule has 1 N–H and O–H groups in total. The van der Waals surface area contributed by atoms with Crippen LogP contribution in [0.25, 0.3) is 10.6 Å². The van der Waals surface area contributed by atoms with Gasteiger partial charge in [0.1, 0.15) is 16.5 Å². The van der Waals surface area contributed by atoms with Gasteiger partial charge in [0.05, 0.1) is 6.54 Å². The quantitative estimate of drug-likeness (QED) is 0.806. The summed E-state index contributed by atoms with van der Waals surface area (Å²) in [5.41, 5.74) is 1.54. The van der Waals surface area contributed by atoms with Gasteiger partial charge in [-0.25, -0.2) is 9.97 Å². The molecule has 0 bridgehead atoms. The highest BCUT2D eigenvalue weighted by Gasteiger charge is 2.17. The first-order chi connectivity index (χ1) is 9.74. The molecule has 20 heavy (non-hydrogen) atoms. The lowest BCUT2D eigenvalue weighted by Gasteiger charge is -2.13. The maximum Gasteiger partial charge on any atom is 0.273 e. The van der Waals surface area contributed by atoms with Crippen LogP contribution in [0.5, 0.6) is 0 Å². The van der Waals surface area contributed by atoms with Gasteiger partial charge >= 0.3 is 0 Å². The van der Waals surface area contributed by atoms with Crippen molar-refractivity contribution in [2.45, 2.75) is 6.54 Å². The summed E-state index contributed by atoms with van der Waals surface area (Å²) < 4.78 is 0. The van der Waals surface area contributed by atoms with Crippen LogP contribution < -0.4 is 0 Å². The lowest BCUT2D eigenvalue weighted by Crippen LogP contribution is -2.26. The summed E-state index contributed by atoms with van der Waals surface area (Å²) in [5, 5.41) is 6.70. The van der Waals surface area contributed by atoms with Crippen molar-refractivity contribution < 1.29 is 4.79 Å². The van der Waals surface area contributed by atoms with Crippen molar-refractivity contribution in [2.24, 2.45) is 0 Å². The topological polar surface area (TPSA) is 61.9 Å². The Kier molecular flexibility index (Phi) is 3.62. The maximum absolute atomic E-state index is 12.3. The number of imidazole rings is 1.